The first kappa shape index (κ1) is 7.90. The molecule has 0 bridgehead atoms. The Hall–Kier alpha value is -0.200. The van der Waals surface area contributed by atoms with Crippen molar-refractivity contribution in [3.05, 3.63) is 0 Å². The van der Waals surface area contributed by atoms with Crippen molar-refractivity contribution in [2.24, 2.45) is 5.73 Å². The van der Waals surface area contributed by atoms with Gasteiger partial charge in [0.15, 0.2) is 6.29 Å². The summed E-state index contributed by atoms with van der Waals surface area (Å²) in [4.78, 5) is 0. The van der Waals surface area contributed by atoms with Gasteiger partial charge in [0.05, 0.1) is 6.10 Å². The van der Waals surface area contributed by atoms with Crippen LogP contribution in [-0.2, 0) is 4.74 Å². The molecule has 5 heteroatoms. The monoisotopic (exact) mass is 149 g/mol. The van der Waals surface area contributed by atoms with Crippen LogP contribution in [0.3, 0.4) is 0 Å². The van der Waals surface area contributed by atoms with Gasteiger partial charge in [-0.3, -0.25) is 0 Å². The zero-order chi connectivity index (χ0) is 7.72. The Kier molecular flexibility index (Phi) is 2.22. The van der Waals surface area contributed by atoms with Crippen molar-refractivity contribution in [3.8, 4) is 0 Å². The number of rotatable bonds is 0. The number of nitrogens with two attached hydrogens (primary N) is 1. The van der Waals surface area contributed by atoms with Crippen LogP contribution in [0.2, 0.25) is 0 Å². The van der Waals surface area contributed by atoms with Crippen molar-refractivity contribution in [2.45, 2.75) is 31.1 Å². The van der Waals surface area contributed by atoms with E-state index in [1.165, 1.54) is 0 Å². The van der Waals surface area contributed by atoms with Crippen LogP contribution >= 0.6 is 0 Å². The fraction of sp³-hybridized carbons (Fsp3) is 1.00. The molecule has 0 aliphatic carbocycles. The number of aliphatic hydroxyl groups is 3. The molecule has 0 radical (unpaired) electrons. The molecule has 0 aromatic heterocycles. The normalized spacial score (nSPS) is 49.2. The van der Waals surface area contributed by atoms with Gasteiger partial charge < -0.3 is 25.8 Å². The Bertz CT molecular complexity index is 108. The molecule has 1 aliphatic rings. The summed E-state index contributed by atoms with van der Waals surface area (Å²) in [6.07, 6.45) is -4.12. The van der Waals surface area contributed by atoms with E-state index in [1.54, 1.807) is 0 Å². The van der Waals surface area contributed by atoms with Crippen LogP contribution in [0.5, 0.6) is 0 Å². The average Bonchev–Trinajstić information content (AvgIpc) is 1.82. The maximum absolute atomic E-state index is 8.95. The largest absolute Gasteiger partial charge is 0.390 e. The molecule has 1 saturated heterocycles. The Morgan fingerprint density at radius 3 is 2.40 bits per heavy atom. The fourth-order valence-electron chi connectivity index (χ4n) is 0.882. The Labute approximate surface area is 58.0 Å². The van der Waals surface area contributed by atoms with E-state index in [-0.39, 0.29) is 6.42 Å². The summed E-state index contributed by atoms with van der Waals surface area (Å²) in [6.45, 7) is 0. The van der Waals surface area contributed by atoms with Crippen LogP contribution in [-0.4, -0.2) is 40.0 Å². The zero-order valence-electron chi connectivity index (χ0n) is 5.34. The van der Waals surface area contributed by atoms with Crippen molar-refractivity contribution >= 4 is 0 Å². The quantitative estimate of drug-likeness (QED) is 0.311. The molecule has 0 saturated carbocycles. The highest BCUT2D eigenvalue weighted by molar-refractivity contribution is 4.78. The average molecular weight is 149 g/mol. The van der Waals surface area contributed by atoms with Crippen LogP contribution in [0.1, 0.15) is 6.42 Å². The van der Waals surface area contributed by atoms with Crippen LogP contribution in [0, 0.1) is 0 Å². The summed E-state index contributed by atoms with van der Waals surface area (Å²) in [6, 6.07) is 0. The minimum absolute atomic E-state index is 0.00880. The summed E-state index contributed by atoms with van der Waals surface area (Å²) in [5.74, 6) is 0. The zero-order valence-corrected chi connectivity index (χ0v) is 5.34. The molecule has 4 atom stereocenters. The topological polar surface area (TPSA) is 95.9 Å². The van der Waals surface area contributed by atoms with E-state index in [1.807, 2.05) is 0 Å². The van der Waals surface area contributed by atoms with E-state index in [0.717, 1.165) is 0 Å². The molecule has 5 N–H and O–H groups in total. The van der Waals surface area contributed by atoms with Crippen molar-refractivity contribution < 1.29 is 20.1 Å². The number of hydrogen-bond donors (Lipinski definition) is 4. The lowest BCUT2D eigenvalue weighted by atomic mass is 10.1. The molecule has 4 unspecified atom stereocenters. The van der Waals surface area contributed by atoms with Gasteiger partial charge in [0.25, 0.3) is 0 Å². The van der Waals surface area contributed by atoms with Gasteiger partial charge in [-0.15, -0.1) is 0 Å². The van der Waals surface area contributed by atoms with Gasteiger partial charge in [-0.25, -0.2) is 0 Å². The first-order chi connectivity index (χ1) is 4.61. The molecule has 1 heterocycles. The summed E-state index contributed by atoms with van der Waals surface area (Å²) in [5, 5.41) is 26.7. The van der Waals surface area contributed by atoms with E-state index in [2.05, 4.69) is 4.74 Å². The third-order valence-corrected chi connectivity index (χ3v) is 1.49. The second-order valence-corrected chi connectivity index (χ2v) is 2.35. The second kappa shape index (κ2) is 2.81. The summed E-state index contributed by atoms with van der Waals surface area (Å²) >= 11 is 0. The summed E-state index contributed by atoms with van der Waals surface area (Å²) in [7, 11) is 0. The predicted octanol–water partition coefficient (Wildman–Crippen LogP) is -2.27. The standard InChI is InChI=1S/C5H11NO4/c6-5-4(9)2(7)1-3(8)10-5/h2-5,7-9H,1,6H2. The molecule has 0 aromatic rings. The van der Waals surface area contributed by atoms with Gasteiger partial charge in [-0.1, -0.05) is 0 Å². The highest BCUT2D eigenvalue weighted by atomic mass is 16.6. The second-order valence-electron chi connectivity index (χ2n) is 2.35. The van der Waals surface area contributed by atoms with Gasteiger partial charge in [-0.05, 0) is 0 Å². The highest BCUT2D eigenvalue weighted by Gasteiger charge is 2.33. The van der Waals surface area contributed by atoms with Gasteiger partial charge in [0.2, 0.25) is 0 Å². The van der Waals surface area contributed by atoms with Crippen molar-refractivity contribution in [3.63, 3.8) is 0 Å². The Morgan fingerprint density at radius 2 is 1.90 bits per heavy atom. The third-order valence-electron chi connectivity index (χ3n) is 1.49. The molecule has 10 heavy (non-hydrogen) atoms. The third kappa shape index (κ3) is 1.44. The smallest absolute Gasteiger partial charge is 0.159 e. The van der Waals surface area contributed by atoms with Gasteiger partial charge in [0.1, 0.15) is 12.3 Å². The predicted molar refractivity (Wildman–Crippen MR) is 31.7 cm³/mol. The molecular formula is C5H11NO4. The fourth-order valence-corrected chi connectivity index (χ4v) is 0.882. The van der Waals surface area contributed by atoms with E-state index < -0.39 is 24.7 Å². The molecule has 1 fully saturated rings. The maximum Gasteiger partial charge on any atom is 0.159 e. The molecular weight excluding hydrogens is 138 g/mol. The van der Waals surface area contributed by atoms with E-state index in [4.69, 9.17) is 21.1 Å². The minimum atomic E-state index is -1.09. The van der Waals surface area contributed by atoms with Crippen molar-refractivity contribution in [1.29, 1.82) is 0 Å². The van der Waals surface area contributed by atoms with Crippen LogP contribution < -0.4 is 5.73 Å². The lowest BCUT2D eigenvalue weighted by molar-refractivity contribution is -0.230. The number of hydrogen-bond acceptors (Lipinski definition) is 5. The Balaban J connectivity index is 2.49. The van der Waals surface area contributed by atoms with Gasteiger partial charge in [-0.2, -0.15) is 0 Å². The lowest BCUT2D eigenvalue weighted by Gasteiger charge is -2.32. The molecule has 0 aromatic carbocycles. The summed E-state index contributed by atoms with van der Waals surface area (Å²) < 4.78 is 4.59. The molecule has 5 nitrogen and oxygen atoms in total. The number of aliphatic hydroxyl groups excluding tert-OH is 3. The molecule has 1 rings (SSSR count). The highest BCUT2D eigenvalue weighted by Crippen LogP contribution is 2.15. The first-order valence-electron chi connectivity index (χ1n) is 3.06. The van der Waals surface area contributed by atoms with Crippen LogP contribution in [0.15, 0.2) is 0 Å². The summed E-state index contributed by atoms with van der Waals surface area (Å²) in [5.41, 5.74) is 5.17. The molecule has 60 valence electrons. The molecule has 0 spiro atoms. The lowest BCUT2D eigenvalue weighted by Crippen LogP contribution is -2.52. The van der Waals surface area contributed by atoms with Gasteiger partial charge in [0, 0.05) is 6.42 Å². The van der Waals surface area contributed by atoms with Crippen LogP contribution in [0.25, 0.3) is 0 Å². The van der Waals surface area contributed by atoms with Gasteiger partial charge >= 0.3 is 0 Å². The van der Waals surface area contributed by atoms with E-state index in [9.17, 15) is 0 Å². The Morgan fingerprint density at radius 1 is 1.30 bits per heavy atom. The SMILES string of the molecule is NC1OC(O)CC(O)C1O. The van der Waals surface area contributed by atoms with Crippen molar-refractivity contribution in [1.82, 2.24) is 0 Å². The maximum atomic E-state index is 8.95. The van der Waals surface area contributed by atoms with Crippen LogP contribution in [0.4, 0.5) is 0 Å². The number of ether oxygens (including phenoxy) is 1. The molecule has 0 amide bonds. The minimum Gasteiger partial charge on any atom is -0.390 e. The first-order valence-corrected chi connectivity index (χ1v) is 3.06. The molecule has 1 aliphatic heterocycles. The van der Waals surface area contributed by atoms with Crippen molar-refractivity contribution in [2.75, 3.05) is 0 Å². The van der Waals surface area contributed by atoms with E-state index >= 15 is 0 Å². The van der Waals surface area contributed by atoms with E-state index in [0.29, 0.717) is 0 Å².